The Balaban J connectivity index is 1.69. The third-order valence-electron chi connectivity index (χ3n) is 4.59. The molecular formula is C19H22FN5O. The molecular weight excluding hydrogens is 333 g/mol. The van der Waals surface area contributed by atoms with Gasteiger partial charge in [-0.2, -0.15) is 10.2 Å². The Hall–Kier alpha value is -2.72. The van der Waals surface area contributed by atoms with E-state index in [1.54, 1.807) is 6.07 Å². The van der Waals surface area contributed by atoms with Crippen LogP contribution in [0.15, 0.2) is 24.4 Å². The fraction of sp³-hybridized carbons (Fsp3) is 0.421. The SMILES string of the molecule is Cc1ccc(CNc2ncc(C#N)c(NC3CCC(O)CC3)n2)c(F)c1. The second-order valence-corrected chi connectivity index (χ2v) is 6.67. The Morgan fingerprint density at radius 1 is 1.31 bits per heavy atom. The van der Waals surface area contributed by atoms with E-state index in [1.165, 1.54) is 12.3 Å². The van der Waals surface area contributed by atoms with E-state index in [9.17, 15) is 14.8 Å². The number of hydrogen-bond donors (Lipinski definition) is 3. The molecule has 0 saturated heterocycles. The van der Waals surface area contributed by atoms with Gasteiger partial charge in [-0.25, -0.2) is 9.37 Å². The van der Waals surface area contributed by atoms with Crippen LogP contribution in [0.5, 0.6) is 0 Å². The maximum Gasteiger partial charge on any atom is 0.224 e. The molecule has 3 N–H and O–H groups in total. The molecule has 1 aromatic heterocycles. The van der Waals surface area contributed by atoms with Gasteiger partial charge < -0.3 is 15.7 Å². The van der Waals surface area contributed by atoms with Crippen molar-refractivity contribution in [3.63, 3.8) is 0 Å². The normalized spacial score (nSPS) is 19.6. The summed E-state index contributed by atoms with van der Waals surface area (Å²) in [4.78, 5) is 8.51. The van der Waals surface area contributed by atoms with E-state index in [2.05, 4.69) is 26.7 Å². The van der Waals surface area contributed by atoms with Gasteiger partial charge in [0.05, 0.1) is 12.3 Å². The summed E-state index contributed by atoms with van der Waals surface area (Å²) in [6.07, 6.45) is 4.35. The lowest BCUT2D eigenvalue weighted by Gasteiger charge is -2.26. The highest BCUT2D eigenvalue weighted by molar-refractivity contribution is 5.54. The molecule has 0 radical (unpaired) electrons. The van der Waals surface area contributed by atoms with Crippen LogP contribution in [0.3, 0.4) is 0 Å². The number of nitrogens with zero attached hydrogens (tertiary/aromatic N) is 3. The van der Waals surface area contributed by atoms with Gasteiger partial charge in [0.25, 0.3) is 0 Å². The van der Waals surface area contributed by atoms with Crippen molar-refractivity contribution in [3.8, 4) is 6.07 Å². The summed E-state index contributed by atoms with van der Waals surface area (Å²) < 4.78 is 13.9. The second-order valence-electron chi connectivity index (χ2n) is 6.67. The lowest BCUT2D eigenvalue weighted by Crippen LogP contribution is -2.29. The molecule has 136 valence electrons. The molecule has 0 atom stereocenters. The van der Waals surface area contributed by atoms with Crippen molar-refractivity contribution < 1.29 is 9.50 Å². The summed E-state index contributed by atoms with van der Waals surface area (Å²) in [6.45, 7) is 2.10. The third-order valence-corrected chi connectivity index (χ3v) is 4.59. The number of halogens is 1. The van der Waals surface area contributed by atoms with Crippen LogP contribution in [-0.2, 0) is 6.54 Å². The number of aromatic nitrogens is 2. The minimum atomic E-state index is -0.273. The van der Waals surface area contributed by atoms with Gasteiger partial charge in [0.15, 0.2) is 0 Å². The van der Waals surface area contributed by atoms with Gasteiger partial charge in [-0.15, -0.1) is 0 Å². The zero-order valence-corrected chi connectivity index (χ0v) is 14.7. The minimum Gasteiger partial charge on any atom is -0.393 e. The molecule has 1 aliphatic carbocycles. The first-order chi connectivity index (χ1) is 12.5. The zero-order valence-electron chi connectivity index (χ0n) is 14.7. The number of aliphatic hydroxyl groups excluding tert-OH is 1. The third kappa shape index (κ3) is 4.46. The highest BCUT2D eigenvalue weighted by atomic mass is 19.1. The summed E-state index contributed by atoms with van der Waals surface area (Å²) in [5.74, 6) is 0.531. The van der Waals surface area contributed by atoms with Crippen molar-refractivity contribution in [1.29, 1.82) is 5.26 Å². The van der Waals surface area contributed by atoms with Crippen molar-refractivity contribution in [3.05, 3.63) is 46.9 Å². The Morgan fingerprint density at radius 3 is 2.77 bits per heavy atom. The van der Waals surface area contributed by atoms with Gasteiger partial charge in [-0.05, 0) is 44.2 Å². The van der Waals surface area contributed by atoms with Gasteiger partial charge in [0.1, 0.15) is 23.3 Å². The summed E-state index contributed by atoms with van der Waals surface area (Å²) in [5.41, 5.74) is 1.76. The van der Waals surface area contributed by atoms with E-state index in [0.29, 0.717) is 22.9 Å². The van der Waals surface area contributed by atoms with Crippen LogP contribution in [0, 0.1) is 24.1 Å². The maximum absolute atomic E-state index is 13.9. The molecule has 1 aliphatic rings. The van der Waals surface area contributed by atoms with Gasteiger partial charge in [-0.1, -0.05) is 12.1 Å². The molecule has 0 spiro atoms. The van der Waals surface area contributed by atoms with E-state index < -0.39 is 0 Å². The molecule has 2 aromatic rings. The minimum absolute atomic E-state index is 0.169. The van der Waals surface area contributed by atoms with Crippen LogP contribution in [0.1, 0.15) is 42.4 Å². The van der Waals surface area contributed by atoms with E-state index in [0.717, 1.165) is 31.2 Å². The lowest BCUT2D eigenvalue weighted by molar-refractivity contribution is 0.126. The van der Waals surface area contributed by atoms with Crippen molar-refractivity contribution in [2.45, 2.75) is 51.3 Å². The predicted molar refractivity (Wildman–Crippen MR) is 97.1 cm³/mol. The summed E-state index contributed by atoms with van der Waals surface area (Å²) in [6, 6.07) is 7.32. The number of aryl methyl sites for hydroxylation is 1. The van der Waals surface area contributed by atoms with Gasteiger partial charge >= 0.3 is 0 Å². The molecule has 6 nitrogen and oxygen atoms in total. The van der Waals surface area contributed by atoms with Gasteiger partial charge in [-0.3, -0.25) is 0 Å². The lowest BCUT2D eigenvalue weighted by atomic mass is 9.93. The Bertz CT molecular complexity index is 812. The highest BCUT2D eigenvalue weighted by Gasteiger charge is 2.20. The number of rotatable bonds is 5. The zero-order chi connectivity index (χ0) is 18.5. The van der Waals surface area contributed by atoms with E-state index in [-0.39, 0.29) is 24.5 Å². The Kier molecular flexibility index (Phi) is 5.64. The summed E-state index contributed by atoms with van der Waals surface area (Å²) >= 11 is 0. The standard InChI is InChI=1S/C19H22FN5O/c1-12-2-3-13(17(20)8-12)10-22-19-23-11-14(9-21)18(25-19)24-15-4-6-16(26)7-5-15/h2-3,8,11,15-16,26H,4-7,10H2,1H3,(H2,22,23,24,25). The van der Waals surface area contributed by atoms with Crippen LogP contribution in [0.2, 0.25) is 0 Å². The van der Waals surface area contributed by atoms with Crippen molar-refractivity contribution in [2.24, 2.45) is 0 Å². The number of anilines is 2. The largest absolute Gasteiger partial charge is 0.393 e. The highest BCUT2D eigenvalue weighted by Crippen LogP contribution is 2.23. The fourth-order valence-corrected chi connectivity index (χ4v) is 3.04. The molecule has 1 heterocycles. The Labute approximate surface area is 152 Å². The van der Waals surface area contributed by atoms with Gasteiger partial charge in [0.2, 0.25) is 5.95 Å². The monoisotopic (exact) mass is 355 g/mol. The van der Waals surface area contributed by atoms with E-state index in [1.807, 2.05) is 13.0 Å². The average Bonchev–Trinajstić information content (AvgIpc) is 2.63. The first-order valence-corrected chi connectivity index (χ1v) is 8.76. The van der Waals surface area contributed by atoms with E-state index in [4.69, 9.17) is 0 Å². The molecule has 0 unspecified atom stereocenters. The summed E-state index contributed by atoms with van der Waals surface area (Å²) in [5, 5.41) is 25.2. The summed E-state index contributed by atoms with van der Waals surface area (Å²) in [7, 11) is 0. The first kappa shape index (κ1) is 18.1. The number of nitriles is 1. The Morgan fingerprint density at radius 2 is 2.08 bits per heavy atom. The molecule has 0 amide bonds. The molecule has 3 rings (SSSR count). The van der Waals surface area contributed by atoms with Crippen LogP contribution in [0.4, 0.5) is 16.2 Å². The second kappa shape index (κ2) is 8.11. The molecule has 1 fully saturated rings. The van der Waals surface area contributed by atoms with Crippen LogP contribution in [0.25, 0.3) is 0 Å². The predicted octanol–water partition coefficient (Wildman–Crippen LogP) is 3.12. The number of benzene rings is 1. The number of nitrogens with one attached hydrogen (secondary N) is 2. The maximum atomic E-state index is 13.9. The fourth-order valence-electron chi connectivity index (χ4n) is 3.04. The van der Waals surface area contributed by atoms with Gasteiger partial charge in [0, 0.05) is 18.2 Å². The first-order valence-electron chi connectivity index (χ1n) is 8.76. The molecule has 0 bridgehead atoms. The topological polar surface area (TPSA) is 93.9 Å². The van der Waals surface area contributed by atoms with Crippen molar-refractivity contribution >= 4 is 11.8 Å². The van der Waals surface area contributed by atoms with Crippen molar-refractivity contribution in [2.75, 3.05) is 10.6 Å². The number of aliphatic hydroxyl groups is 1. The average molecular weight is 355 g/mol. The molecule has 1 aromatic carbocycles. The molecule has 7 heteroatoms. The van der Waals surface area contributed by atoms with Crippen LogP contribution < -0.4 is 10.6 Å². The van der Waals surface area contributed by atoms with Crippen molar-refractivity contribution in [1.82, 2.24) is 9.97 Å². The van der Waals surface area contributed by atoms with E-state index >= 15 is 0 Å². The molecule has 0 aliphatic heterocycles. The van der Waals surface area contributed by atoms with Crippen LogP contribution in [-0.4, -0.2) is 27.2 Å². The van der Waals surface area contributed by atoms with Crippen LogP contribution >= 0.6 is 0 Å². The number of hydrogen-bond acceptors (Lipinski definition) is 6. The molecule has 1 saturated carbocycles. The smallest absolute Gasteiger partial charge is 0.224 e. The quantitative estimate of drug-likeness (QED) is 0.763. The molecule has 26 heavy (non-hydrogen) atoms.